The molecule has 1 aromatic carbocycles. The number of benzene rings is 1. The van der Waals surface area contributed by atoms with Crippen LogP contribution in [0.5, 0.6) is 0 Å². The average Bonchev–Trinajstić information content (AvgIpc) is 2.32. The molecule has 6 heteroatoms. The van der Waals surface area contributed by atoms with Crippen molar-refractivity contribution in [3.63, 3.8) is 0 Å². The van der Waals surface area contributed by atoms with Crippen LogP contribution in [-0.4, -0.2) is 38.5 Å². The predicted octanol–water partition coefficient (Wildman–Crippen LogP) is 1.81. The zero-order valence-electron chi connectivity index (χ0n) is 10.3. The van der Waals surface area contributed by atoms with E-state index in [4.69, 9.17) is 5.11 Å². The van der Waals surface area contributed by atoms with E-state index in [-0.39, 0.29) is 19.1 Å². The van der Waals surface area contributed by atoms with Crippen LogP contribution in [0, 0.1) is 0 Å². The Hall–Kier alpha value is -0.590. The summed E-state index contributed by atoms with van der Waals surface area (Å²) in [6.45, 7) is 1.76. The molecular weight excluding hydrogens is 318 g/mol. The SMILES string of the molecule is CC1C(CCO)S(=O)(=O)c2ccc(Br)cc2N1C. The highest BCUT2D eigenvalue weighted by molar-refractivity contribution is 9.10. The first-order chi connectivity index (χ1) is 8.39. The highest BCUT2D eigenvalue weighted by atomic mass is 79.9. The van der Waals surface area contributed by atoms with Crippen molar-refractivity contribution < 1.29 is 13.5 Å². The first kappa shape index (κ1) is 13.8. The fraction of sp³-hybridized carbons (Fsp3) is 0.500. The van der Waals surface area contributed by atoms with Crippen LogP contribution in [0.25, 0.3) is 0 Å². The van der Waals surface area contributed by atoms with Crippen molar-refractivity contribution in [2.75, 3.05) is 18.6 Å². The van der Waals surface area contributed by atoms with Gasteiger partial charge in [0.2, 0.25) is 0 Å². The lowest BCUT2D eigenvalue weighted by Gasteiger charge is -2.39. The lowest BCUT2D eigenvalue weighted by Crippen LogP contribution is -2.48. The Balaban J connectivity index is 2.62. The first-order valence-electron chi connectivity index (χ1n) is 5.76. The second-order valence-corrected chi connectivity index (χ2v) is 7.61. The summed E-state index contributed by atoms with van der Waals surface area (Å²) < 4.78 is 25.9. The Bertz CT molecular complexity index is 558. The highest BCUT2D eigenvalue weighted by Gasteiger charge is 2.40. The van der Waals surface area contributed by atoms with Gasteiger partial charge in [-0.1, -0.05) is 15.9 Å². The number of hydrogen-bond acceptors (Lipinski definition) is 4. The summed E-state index contributed by atoms with van der Waals surface area (Å²) in [4.78, 5) is 2.31. The van der Waals surface area contributed by atoms with Crippen molar-refractivity contribution >= 4 is 31.5 Å². The molecule has 18 heavy (non-hydrogen) atoms. The van der Waals surface area contributed by atoms with Crippen molar-refractivity contribution in [3.05, 3.63) is 22.7 Å². The number of rotatable bonds is 2. The van der Waals surface area contributed by atoms with Crippen molar-refractivity contribution in [2.45, 2.75) is 29.5 Å². The number of hydrogen-bond donors (Lipinski definition) is 1. The summed E-state index contributed by atoms with van der Waals surface area (Å²) in [5.41, 5.74) is 0.714. The summed E-state index contributed by atoms with van der Waals surface area (Å²) in [6, 6.07) is 5.03. The van der Waals surface area contributed by atoms with Gasteiger partial charge in [-0.25, -0.2) is 8.42 Å². The van der Waals surface area contributed by atoms with Gasteiger partial charge in [-0.15, -0.1) is 0 Å². The number of aliphatic hydroxyl groups is 1. The monoisotopic (exact) mass is 333 g/mol. The zero-order valence-corrected chi connectivity index (χ0v) is 12.7. The summed E-state index contributed by atoms with van der Waals surface area (Å²) >= 11 is 3.36. The van der Waals surface area contributed by atoms with Crippen LogP contribution in [-0.2, 0) is 9.84 Å². The number of anilines is 1. The maximum atomic E-state index is 12.5. The van der Waals surface area contributed by atoms with E-state index in [9.17, 15) is 8.42 Å². The second-order valence-electron chi connectivity index (χ2n) is 4.56. The number of sulfone groups is 1. The van der Waals surface area contributed by atoms with E-state index >= 15 is 0 Å². The van der Waals surface area contributed by atoms with Crippen LogP contribution in [0.2, 0.25) is 0 Å². The summed E-state index contributed by atoms with van der Waals surface area (Å²) in [5.74, 6) is 0. The molecule has 0 aromatic heterocycles. The normalized spacial score (nSPS) is 25.9. The molecule has 0 radical (unpaired) electrons. The van der Waals surface area contributed by atoms with Crippen LogP contribution < -0.4 is 4.90 Å². The third-order valence-electron chi connectivity index (χ3n) is 3.57. The Morgan fingerprint density at radius 1 is 1.44 bits per heavy atom. The van der Waals surface area contributed by atoms with Crippen LogP contribution >= 0.6 is 15.9 Å². The van der Waals surface area contributed by atoms with Gasteiger partial charge in [0.1, 0.15) is 0 Å². The Kier molecular flexibility index (Phi) is 3.71. The molecule has 0 amide bonds. The highest BCUT2D eigenvalue weighted by Crippen LogP contribution is 2.38. The molecule has 2 atom stereocenters. The van der Waals surface area contributed by atoms with Gasteiger partial charge in [0, 0.05) is 24.2 Å². The molecule has 0 fully saturated rings. The van der Waals surface area contributed by atoms with E-state index in [2.05, 4.69) is 15.9 Å². The Morgan fingerprint density at radius 2 is 2.11 bits per heavy atom. The molecule has 2 unspecified atom stereocenters. The molecule has 2 rings (SSSR count). The van der Waals surface area contributed by atoms with Crippen LogP contribution in [0.15, 0.2) is 27.6 Å². The van der Waals surface area contributed by atoms with Gasteiger partial charge in [-0.3, -0.25) is 0 Å². The zero-order chi connectivity index (χ0) is 13.5. The molecule has 1 heterocycles. The Morgan fingerprint density at radius 3 is 2.72 bits per heavy atom. The van der Waals surface area contributed by atoms with Crippen LogP contribution in [0.1, 0.15) is 13.3 Å². The van der Waals surface area contributed by atoms with E-state index in [1.165, 1.54) is 0 Å². The number of nitrogens with zero attached hydrogens (tertiary/aromatic N) is 1. The maximum absolute atomic E-state index is 12.5. The quantitative estimate of drug-likeness (QED) is 0.896. The summed E-state index contributed by atoms with van der Waals surface area (Å²) in [5, 5.41) is 8.50. The molecule has 0 saturated carbocycles. The second kappa shape index (κ2) is 4.83. The van der Waals surface area contributed by atoms with Gasteiger partial charge in [0.05, 0.1) is 15.8 Å². The smallest absolute Gasteiger partial charge is 0.185 e. The van der Waals surface area contributed by atoms with Crippen molar-refractivity contribution in [3.8, 4) is 0 Å². The minimum Gasteiger partial charge on any atom is -0.396 e. The van der Waals surface area contributed by atoms with Gasteiger partial charge < -0.3 is 10.0 Å². The number of aliphatic hydroxyl groups excluding tert-OH is 1. The molecule has 4 nitrogen and oxygen atoms in total. The predicted molar refractivity (Wildman–Crippen MR) is 74.7 cm³/mol. The lowest BCUT2D eigenvalue weighted by atomic mass is 10.1. The minimum absolute atomic E-state index is 0.117. The summed E-state index contributed by atoms with van der Waals surface area (Å²) in [6.07, 6.45) is 0.267. The number of halogens is 1. The average molecular weight is 334 g/mol. The summed E-state index contributed by atoms with van der Waals surface area (Å²) in [7, 11) is -1.48. The van der Waals surface area contributed by atoms with Crippen LogP contribution in [0.3, 0.4) is 0 Å². The molecule has 1 aliphatic rings. The molecule has 1 N–H and O–H groups in total. The van der Waals surface area contributed by atoms with E-state index < -0.39 is 15.1 Å². The molecule has 1 aliphatic heterocycles. The van der Waals surface area contributed by atoms with Gasteiger partial charge in [-0.05, 0) is 31.5 Å². The topological polar surface area (TPSA) is 57.6 Å². The van der Waals surface area contributed by atoms with E-state index in [0.29, 0.717) is 10.6 Å². The molecule has 0 saturated heterocycles. The molecule has 100 valence electrons. The van der Waals surface area contributed by atoms with Crippen molar-refractivity contribution in [1.82, 2.24) is 0 Å². The van der Waals surface area contributed by atoms with Crippen molar-refractivity contribution in [1.29, 1.82) is 0 Å². The molecule has 0 aliphatic carbocycles. The van der Waals surface area contributed by atoms with Gasteiger partial charge in [0.25, 0.3) is 0 Å². The standard InChI is InChI=1S/C12H16BrNO3S/c1-8-11(5-6-15)18(16,17)12-4-3-9(13)7-10(12)14(8)2/h3-4,7-8,11,15H,5-6H2,1-2H3. The maximum Gasteiger partial charge on any atom is 0.185 e. The van der Waals surface area contributed by atoms with E-state index in [0.717, 1.165) is 4.47 Å². The van der Waals surface area contributed by atoms with Gasteiger partial charge >= 0.3 is 0 Å². The van der Waals surface area contributed by atoms with Crippen molar-refractivity contribution in [2.24, 2.45) is 0 Å². The fourth-order valence-corrected chi connectivity index (χ4v) is 4.97. The molecule has 0 spiro atoms. The first-order valence-corrected chi connectivity index (χ1v) is 8.10. The lowest BCUT2D eigenvalue weighted by molar-refractivity contribution is 0.280. The van der Waals surface area contributed by atoms with Crippen LogP contribution in [0.4, 0.5) is 5.69 Å². The third-order valence-corrected chi connectivity index (χ3v) is 6.45. The molecule has 0 bridgehead atoms. The Labute approximate surface area is 116 Å². The fourth-order valence-electron chi connectivity index (χ4n) is 2.42. The van der Waals surface area contributed by atoms with E-state index in [1.54, 1.807) is 12.1 Å². The molecule has 1 aromatic rings. The van der Waals surface area contributed by atoms with Gasteiger partial charge in [-0.2, -0.15) is 0 Å². The molecular formula is C12H16BrNO3S. The van der Waals surface area contributed by atoms with E-state index in [1.807, 2.05) is 24.9 Å². The number of fused-ring (bicyclic) bond motifs is 1. The minimum atomic E-state index is -3.37. The van der Waals surface area contributed by atoms with Gasteiger partial charge in [0.15, 0.2) is 9.84 Å². The third kappa shape index (κ3) is 2.06. The largest absolute Gasteiger partial charge is 0.396 e.